The van der Waals surface area contributed by atoms with Crippen LogP contribution in [0.3, 0.4) is 0 Å². The van der Waals surface area contributed by atoms with E-state index in [1.54, 1.807) is 6.20 Å². The Hall–Kier alpha value is -1.32. The van der Waals surface area contributed by atoms with Crippen molar-refractivity contribution in [1.82, 2.24) is 9.78 Å². The van der Waals surface area contributed by atoms with Gasteiger partial charge in [-0.05, 0) is 18.9 Å². The monoisotopic (exact) mass is 249 g/mol. The van der Waals surface area contributed by atoms with Crippen molar-refractivity contribution in [1.29, 1.82) is 0 Å². The van der Waals surface area contributed by atoms with Gasteiger partial charge in [-0.25, -0.2) is 0 Å². The first-order valence-corrected chi connectivity index (χ1v) is 6.11. The van der Waals surface area contributed by atoms with E-state index in [1.807, 2.05) is 29.8 Å². The Kier molecular flexibility index (Phi) is 3.82. The van der Waals surface area contributed by atoms with Crippen LogP contribution in [0.15, 0.2) is 36.5 Å². The molecule has 2 rings (SSSR count). The average molecular weight is 250 g/mol. The molecule has 0 aliphatic heterocycles. The van der Waals surface area contributed by atoms with Gasteiger partial charge in [-0.2, -0.15) is 5.10 Å². The van der Waals surface area contributed by atoms with Gasteiger partial charge in [0.05, 0.1) is 23.0 Å². The minimum atomic E-state index is -0.118. The lowest BCUT2D eigenvalue weighted by molar-refractivity contribution is 0.569. The van der Waals surface area contributed by atoms with Crippen LogP contribution in [0.4, 0.5) is 0 Å². The van der Waals surface area contributed by atoms with Gasteiger partial charge in [-0.1, -0.05) is 41.9 Å². The maximum Gasteiger partial charge on any atom is 0.0834 e. The molecule has 1 atom stereocenters. The number of benzene rings is 1. The Labute approximate surface area is 106 Å². The zero-order chi connectivity index (χ0) is 12.3. The summed E-state index contributed by atoms with van der Waals surface area (Å²) in [6.45, 7) is 2.81. The molecule has 2 aromatic rings. The quantitative estimate of drug-likeness (QED) is 0.906. The van der Waals surface area contributed by atoms with Crippen molar-refractivity contribution < 1.29 is 0 Å². The van der Waals surface area contributed by atoms with Gasteiger partial charge in [0, 0.05) is 6.54 Å². The highest BCUT2D eigenvalue weighted by Crippen LogP contribution is 2.23. The molecule has 1 aromatic heterocycles. The largest absolute Gasteiger partial charge is 0.322 e. The lowest BCUT2D eigenvalue weighted by Gasteiger charge is -2.14. The number of halogens is 1. The summed E-state index contributed by atoms with van der Waals surface area (Å²) in [5.74, 6) is 0. The van der Waals surface area contributed by atoms with Gasteiger partial charge in [0.1, 0.15) is 0 Å². The molecular formula is C13H16ClN3. The number of hydrogen-bond donors (Lipinski definition) is 1. The van der Waals surface area contributed by atoms with Gasteiger partial charge in [0.25, 0.3) is 0 Å². The molecule has 3 nitrogen and oxygen atoms in total. The summed E-state index contributed by atoms with van der Waals surface area (Å²) >= 11 is 6.12. The molecule has 0 radical (unpaired) electrons. The fraction of sp³-hybridized carbons (Fsp3) is 0.308. The summed E-state index contributed by atoms with van der Waals surface area (Å²) in [6.07, 6.45) is 2.43. The van der Waals surface area contributed by atoms with Gasteiger partial charge in [0.15, 0.2) is 0 Å². The molecule has 90 valence electrons. The van der Waals surface area contributed by atoms with E-state index in [4.69, 9.17) is 17.3 Å². The lowest BCUT2D eigenvalue weighted by atomic mass is 10.0. The van der Waals surface area contributed by atoms with Crippen LogP contribution in [0.5, 0.6) is 0 Å². The van der Waals surface area contributed by atoms with Crippen LogP contribution < -0.4 is 5.73 Å². The molecule has 1 unspecified atom stereocenters. The van der Waals surface area contributed by atoms with Crippen LogP contribution in [0, 0.1) is 0 Å². The van der Waals surface area contributed by atoms with Crippen LogP contribution in [-0.4, -0.2) is 9.78 Å². The summed E-state index contributed by atoms with van der Waals surface area (Å²) in [5.41, 5.74) is 8.33. The number of nitrogens with two attached hydrogens (primary N) is 1. The molecule has 2 N–H and O–H groups in total. The minimum Gasteiger partial charge on any atom is -0.322 e. The van der Waals surface area contributed by atoms with E-state index in [2.05, 4.69) is 17.2 Å². The predicted molar refractivity (Wildman–Crippen MR) is 70.0 cm³/mol. The second-order valence-electron chi connectivity index (χ2n) is 3.99. The topological polar surface area (TPSA) is 43.8 Å². The Morgan fingerprint density at radius 3 is 2.71 bits per heavy atom. The fourth-order valence-electron chi connectivity index (χ4n) is 1.96. The molecule has 4 heteroatoms. The fourth-order valence-corrected chi connectivity index (χ4v) is 2.24. The second kappa shape index (κ2) is 5.34. The molecular weight excluding hydrogens is 234 g/mol. The summed E-state index contributed by atoms with van der Waals surface area (Å²) in [6, 6.07) is 10.0. The maximum atomic E-state index is 6.20. The third-order valence-electron chi connectivity index (χ3n) is 2.78. The van der Waals surface area contributed by atoms with Crippen molar-refractivity contribution in [3.05, 3.63) is 52.8 Å². The maximum absolute atomic E-state index is 6.20. The number of nitrogens with zero attached hydrogens (tertiary/aromatic N) is 2. The first-order chi connectivity index (χ1) is 8.22. The van der Waals surface area contributed by atoms with E-state index < -0.39 is 0 Å². The van der Waals surface area contributed by atoms with E-state index in [9.17, 15) is 0 Å². The Bertz CT molecular complexity index is 479. The number of aromatic nitrogens is 2. The molecule has 0 saturated carbocycles. The molecule has 1 heterocycles. The number of hydrogen-bond acceptors (Lipinski definition) is 2. The SMILES string of the molecule is CCn1ncc(Cl)c1C(N)Cc1ccccc1. The van der Waals surface area contributed by atoms with E-state index in [1.165, 1.54) is 5.56 Å². The van der Waals surface area contributed by atoms with Crippen LogP contribution >= 0.6 is 11.6 Å². The molecule has 0 bridgehead atoms. The summed E-state index contributed by atoms with van der Waals surface area (Å²) < 4.78 is 1.86. The normalized spacial score (nSPS) is 12.6. The third-order valence-corrected chi connectivity index (χ3v) is 3.07. The van der Waals surface area contributed by atoms with Gasteiger partial charge in [0.2, 0.25) is 0 Å². The molecule has 0 amide bonds. The standard InChI is InChI=1S/C13H16ClN3/c1-2-17-13(11(14)9-16-17)12(15)8-10-6-4-3-5-7-10/h3-7,9,12H,2,8,15H2,1H3. The highest BCUT2D eigenvalue weighted by Gasteiger charge is 2.16. The van der Waals surface area contributed by atoms with E-state index in [0.717, 1.165) is 18.7 Å². The summed E-state index contributed by atoms with van der Waals surface area (Å²) in [4.78, 5) is 0. The van der Waals surface area contributed by atoms with Gasteiger partial charge in [-0.3, -0.25) is 4.68 Å². The molecule has 0 saturated heterocycles. The van der Waals surface area contributed by atoms with E-state index >= 15 is 0 Å². The van der Waals surface area contributed by atoms with Crippen LogP contribution in [0.25, 0.3) is 0 Å². The zero-order valence-corrected chi connectivity index (χ0v) is 10.6. The first kappa shape index (κ1) is 12.1. The number of rotatable bonds is 4. The summed E-state index contributed by atoms with van der Waals surface area (Å²) in [7, 11) is 0. The highest BCUT2D eigenvalue weighted by molar-refractivity contribution is 6.31. The van der Waals surface area contributed by atoms with Crippen LogP contribution in [0.2, 0.25) is 5.02 Å². The third kappa shape index (κ3) is 2.68. The van der Waals surface area contributed by atoms with Crippen LogP contribution in [-0.2, 0) is 13.0 Å². The van der Waals surface area contributed by atoms with Gasteiger partial charge in [-0.15, -0.1) is 0 Å². The molecule has 0 aliphatic carbocycles. The first-order valence-electron chi connectivity index (χ1n) is 5.73. The van der Waals surface area contributed by atoms with Crippen molar-refractivity contribution in [2.45, 2.75) is 25.9 Å². The molecule has 1 aromatic carbocycles. The average Bonchev–Trinajstić information content (AvgIpc) is 2.71. The Balaban J connectivity index is 2.20. The molecule has 0 spiro atoms. The van der Waals surface area contributed by atoms with Gasteiger partial charge >= 0.3 is 0 Å². The van der Waals surface area contributed by atoms with Crippen LogP contribution in [0.1, 0.15) is 24.2 Å². The van der Waals surface area contributed by atoms with Gasteiger partial charge < -0.3 is 5.73 Å². The van der Waals surface area contributed by atoms with E-state index in [-0.39, 0.29) is 6.04 Å². The minimum absolute atomic E-state index is 0.118. The number of aryl methyl sites for hydroxylation is 1. The molecule has 0 fully saturated rings. The van der Waals surface area contributed by atoms with Crippen molar-refractivity contribution >= 4 is 11.6 Å². The Morgan fingerprint density at radius 1 is 1.35 bits per heavy atom. The zero-order valence-electron chi connectivity index (χ0n) is 9.81. The smallest absolute Gasteiger partial charge is 0.0834 e. The molecule has 0 aliphatic rings. The highest BCUT2D eigenvalue weighted by atomic mass is 35.5. The predicted octanol–water partition coefficient (Wildman–Crippen LogP) is 2.80. The van der Waals surface area contributed by atoms with Crippen molar-refractivity contribution in [2.75, 3.05) is 0 Å². The van der Waals surface area contributed by atoms with Crippen molar-refractivity contribution in [3.8, 4) is 0 Å². The molecule has 17 heavy (non-hydrogen) atoms. The Morgan fingerprint density at radius 2 is 2.06 bits per heavy atom. The van der Waals surface area contributed by atoms with Crippen molar-refractivity contribution in [2.24, 2.45) is 5.73 Å². The lowest BCUT2D eigenvalue weighted by Crippen LogP contribution is -2.18. The van der Waals surface area contributed by atoms with E-state index in [0.29, 0.717) is 5.02 Å². The second-order valence-corrected chi connectivity index (χ2v) is 4.40. The summed E-state index contributed by atoms with van der Waals surface area (Å²) in [5, 5.41) is 4.85. The van der Waals surface area contributed by atoms with Crippen molar-refractivity contribution in [3.63, 3.8) is 0 Å².